The first-order valence-electron chi connectivity index (χ1n) is 2.97. The summed E-state index contributed by atoms with van der Waals surface area (Å²) in [7, 11) is 0. The van der Waals surface area contributed by atoms with Crippen LogP contribution in [0.2, 0.25) is 0 Å². The standard InChI is InChI=1S/C8H14/c1-5-7(3)8(4)6-2/h5-8H,1-2H2,3-4H3. The minimum Gasteiger partial charge on any atom is -0.103 e. The van der Waals surface area contributed by atoms with E-state index in [4.69, 9.17) is 0 Å². The third kappa shape index (κ3) is 1.97. The Morgan fingerprint density at radius 1 is 1.00 bits per heavy atom. The highest BCUT2D eigenvalue weighted by atomic mass is 14.1. The summed E-state index contributed by atoms with van der Waals surface area (Å²) in [4.78, 5) is 0. The average molecular weight is 110 g/mol. The van der Waals surface area contributed by atoms with Gasteiger partial charge in [0.2, 0.25) is 0 Å². The number of allylic oxidation sites excluding steroid dienone is 2. The molecule has 0 aromatic carbocycles. The van der Waals surface area contributed by atoms with Crippen LogP contribution in [-0.4, -0.2) is 0 Å². The van der Waals surface area contributed by atoms with Crippen molar-refractivity contribution in [3.8, 4) is 0 Å². The predicted octanol–water partition coefficient (Wildman–Crippen LogP) is 2.63. The zero-order valence-electron chi connectivity index (χ0n) is 5.72. The monoisotopic (exact) mass is 110 g/mol. The maximum absolute atomic E-state index is 3.68. The number of hydrogen-bond acceptors (Lipinski definition) is 0. The largest absolute Gasteiger partial charge is 0.103 e. The van der Waals surface area contributed by atoms with Crippen LogP contribution in [0.4, 0.5) is 0 Å². The fourth-order valence-corrected chi connectivity index (χ4v) is 0.429. The van der Waals surface area contributed by atoms with Crippen LogP contribution in [0, 0.1) is 11.8 Å². The van der Waals surface area contributed by atoms with Crippen LogP contribution in [0.3, 0.4) is 0 Å². The van der Waals surface area contributed by atoms with Crippen molar-refractivity contribution in [1.29, 1.82) is 0 Å². The molecule has 0 heterocycles. The Kier molecular flexibility index (Phi) is 3.25. The molecular formula is C8H14. The van der Waals surface area contributed by atoms with Gasteiger partial charge in [-0.15, -0.1) is 13.2 Å². The Morgan fingerprint density at radius 2 is 1.25 bits per heavy atom. The van der Waals surface area contributed by atoms with E-state index < -0.39 is 0 Å². The van der Waals surface area contributed by atoms with Crippen molar-refractivity contribution >= 4 is 0 Å². The van der Waals surface area contributed by atoms with E-state index in [1.54, 1.807) is 0 Å². The van der Waals surface area contributed by atoms with Crippen LogP contribution in [0.25, 0.3) is 0 Å². The molecule has 0 aromatic heterocycles. The van der Waals surface area contributed by atoms with Gasteiger partial charge < -0.3 is 0 Å². The molecule has 0 fully saturated rings. The lowest BCUT2D eigenvalue weighted by molar-refractivity contribution is 0.560. The predicted molar refractivity (Wildman–Crippen MR) is 38.7 cm³/mol. The molecule has 2 unspecified atom stereocenters. The first kappa shape index (κ1) is 7.48. The van der Waals surface area contributed by atoms with Crippen LogP contribution in [-0.2, 0) is 0 Å². The van der Waals surface area contributed by atoms with Crippen LogP contribution >= 0.6 is 0 Å². The number of hydrogen-bond donors (Lipinski definition) is 0. The highest BCUT2D eigenvalue weighted by Crippen LogP contribution is 2.11. The highest BCUT2D eigenvalue weighted by Gasteiger charge is 2.01. The summed E-state index contributed by atoms with van der Waals surface area (Å²) in [5.41, 5.74) is 0. The van der Waals surface area contributed by atoms with Gasteiger partial charge in [-0.05, 0) is 11.8 Å². The molecule has 46 valence electrons. The van der Waals surface area contributed by atoms with Crippen molar-refractivity contribution in [1.82, 2.24) is 0 Å². The molecule has 0 heteroatoms. The molecule has 0 rings (SSSR count). The van der Waals surface area contributed by atoms with Crippen molar-refractivity contribution in [3.05, 3.63) is 25.3 Å². The zero-order valence-corrected chi connectivity index (χ0v) is 5.72. The fourth-order valence-electron chi connectivity index (χ4n) is 0.429. The molecule has 0 saturated heterocycles. The van der Waals surface area contributed by atoms with Crippen LogP contribution < -0.4 is 0 Å². The topological polar surface area (TPSA) is 0 Å². The van der Waals surface area contributed by atoms with E-state index in [1.807, 2.05) is 12.2 Å². The molecule has 0 aliphatic carbocycles. The van der Waals surface area contributed by atoms with Gasteiger partial charge in [0.1, 0.15) is 0 Å². The summed E-state index contributed by atoms with van der Waals surface area (Å²) >= 11 is 0. The Labute approximate surface area is 51.9 Å². The van der Waals surface area contributed by atoms with Crippen LogP contribution in [0.1, 0.15) is 13.8 Å². The Bertz CT molecular complexity index is 70.0. The first-order chi connectivity index (χ1) is 3.72. The molecule has 0 saturated carbocycles. The maximum Gasteiger partial charge on any atom is -0.0204 e. The van der Waals surface area contributed by atoms with Gasteiger partial charge in [0.15, 0.2) is 0 Å². The molecule has 0 N–H and O–H groups in total. The van der Waals surface area contributed by atoms with Gasteiger partial charge in [-0.2, -0.15) is 0 Å². The molecule has 0 aliphatic heterocycles. The molecule has 0 bridgehead atoms. The van der Waals surface area contributed by atoms with E-state index in [0.717, 1.165) is 0 Å². The van der Waals surface area contributed by atoms with Crippen molar-refractivity contribution in [2.45, 2.75) is 13.8 Å². The first-order valence-corrected chi connectivity index (χ1v) is 2.97. The van der Waals surface area contributed by atoms with E-state index in [0.29, 0.717) is 11.8 Å². The summed E-state index contributed by atoms with van der Waals surface area (Å²) in [6.45, 7) is 11.6. The van der Waals surface area contributed by atoms with E-state index >= 15 is 0 Å². The molecule has 0 spiro atoms. The molecular weight excluding hydrogens is 96.1 g/mol. The second-order valence-electron chi connectivity index (χ2n) is 2.19. The summed E-state index contributed by atoms with van der Waals surface area (Å²) in [5, 5.41) is 0. The summed E-state index contributed by atoms with van der Waals surface area (Å²) in [6.07, 6.45) is 3.90. The quantitative estimate of drug-likeness (QED) is 0.490. The molecule has 0 radical (unpaired) electrons. The van der Waals surface area contributed by atoms with Crippen molar-refractivity contribution in [3.63, 3.8) is 0 Å². The third-order valence-corrected chi connectivity index (χ3v) is 1.57. The van der Waals surface area contributed by atoms with Crippen molar-refractivity contribution < 1.29 is 0 Å². The lowest BCUT2D eigenvalue weighted by atomic mass is 9.97. The molecule has 0 aromatic rings. The number of rotatable bonds is 3. The normalized spacial score (nSPS) is 16.8. The smallest absolute Gasteiger partial charge is 0.0204 e. The summed E-state index contributed by atoms with van der Waals surface area (Å²) < 4.78 is 0. The second kappa shape index (κ2) is 3.48. The Morgan fingerprint density at radius 3 is 1.38 bits per heavy atom. The van der Waals surface area contributed by atoms with Gasteiger partial charge in [0.25, 0.3) is 0 Å². The SMILES string of the molecule is C=CC(C)C(C)C=C. The minimum absolute atomic E-state index is 0.562. The second-order valence-corrected chi connectivity index (χ2v) is 2.19. The molecule has 0 aliphatic rings. The molecule has 2 atom stereocenters. The molecule has 0 amide bonds. The van der Waals surface area contributed by atoms with Gasteiger partial charge in [0, 0.05) is 0 Å². The lowest BCUT2D eigenvalue weighted by Crippen LogP contribution is -1.99. The van der Waals surface area contributed by atoms with E-state index in [2.05, 4.69) is 27.0 Å². The lowest BCUT2D eigenvalue weighted by Gasteiger charge is -2.09. The van der Waals surface area contributed by atoms with E-state index in [-0.39, 0.29) is 0 Å². The zero-order chi connectivity index (χ0) is 6.57. The van der Waals surface area contributed by atoms with Crippen LogP contribution in [0.5, 0.6) is 0 Å². The molecule has 8 heavy (non-hydrogen) atoms. The van der Waals surface area contributed by atoms with Gasteiger partial charge in [-0.3, -0.25) is 0 Å². The minimum atomic E-state index is 0.562. The van der Waals surface area contributed by atoms with Gasteiger partial charge in [-0.1, -0.05) is 26.0 Å². The van der Waals surface area contributed by atoms with Crippen LogP contribution in [0.15, 0.2) is 25.3 Å². The molecule has 0 nitrogen and oxygen atoms in total. The highest BCUT2D eigenvalue weighted by molar-refractivity contribution is 4.87. The van der Waals surface area contributed by atoms with Gasteiger partial charge in [0.05, 0.1) is 0 Å². The fraction of sp³-hybridized carbons (Fsp3) is 0.500. The van der Waals surface area contributed by atoms with Crippen molar-refractivity contribution in [2.75, 3.05) is 0 Å². The summed E-state index contributed by atoms with van der Waals surface area (Å²) in [6, 6.07) is 0. The third-order valence-electron chi connectivity index (χ3n) is 1.57. The summed E-state index contributed by atoms with van der Waals surface area (Å²) in [5.74, 6) is 1.12. The van der Waals surface area contributed by atoms with Gasteiger partial charge in [-0.25, -0.2) is 0 Å². The Hall–Kier alpha value is -0.520. The Balaban J connectivity index is 3.60. The average Bonchev–Trinajstić information content (AvgIpc) is 1.84. The van der Waals surface area contributed by atoms with E-state index in [1.165, 1.54) is 0 Å². The van der Waals surface area contributed by atoms with Crippen molar-refractivity contribution in [2.24, 2.45) is 11.8 Å². The van der Waals surface area contributed by atoms with E-state index in [9.17, 15) is 0 Å². The maximum atomic E-state index is 3.68. The van der Waals surface area contributed by atoms with Gasteiger partial charge >= 0.3 is 0 Å².